The van der Waals surface area contributed by atoms with Gasteiger partial charge >= 0.3 is 0 Å². The molecule has 30 heavy (non-hydrogen) atoms. The lowest BCUT2D eigenvalue weighted by atomic mass is 9.86. The Bertz CT molecular complexity index is 649. The van der Waals surface area contributed by atoms with Gasteiger partial charge < -0.3 is 15.0 Å². The van der Waals surface area contributed by atoms with E-state index in [1.165, 1.54) is 5.56 Å². The van der Waals surface area contributed by atoms with E-state index in [0.29, 0.717) is 24.9 Å². The molecule has 0 unspecified atom stereocenters. The van der Waals surface area contributed by atoms with Crippen molar-refractivity contribution in [3.8, 4) is 0 Å². The summed E-state index contributed by atoms with van der Waals surface area (Å²) in [6.07, 6.45) is 2.70. The molecule has 168 valence electrons. The zero-order valence-electron chi connectivity index (χ0n) is 18.5. The Balaban J connectivity index is 1.56. The molecule has 2 aliphatic heterocycles. The maximum Gasteiger partial charge on any atom is 0.220 e. The number of morpholine rings is 1. The van der Waals surface area contributed by atoms with E-state index in [1.807, 2.05) is 26.2 Å². The molecule has 0 spiro atoms. The van der Waals surface area contributed by atoms with Crippen LogP contribution in [0.2, 0.25) is 5.02 Å². The summed E-state index contributed by atoms with van der Waals surface area (Å²) < 4.78 is 5.57. The van der Waals surface area contributed by atoms with Gasteiger partial charge in [-0.3, -0.25) is 14.6 Å². The number of nitrogens with one attached hydrogen (secondary N) is 1. The van der Waals surface area contributed by atoms with E-state index in [2.05, 4.69) is 32.1 Å². The number of hydrogen-bond acceptors (Lipinski definition) is 5. The fourth-order valence-corrected chi connectivity index (χ4v) is 4.71. The monoisotopic (exact) mass is 436 g/mol. The molecule has 0 bridgehead atoms. The SMILES string of the molecule is CN(C)CCNC(=O)CC[C@@H]1CN(Cc2ccc(Cl)cc2)CC[C@@H]1N1CCOCC1. The molecule has 2 heterocycles. The van der Waals surface area contributed by atoms with Gasteiger partial charge in [0.2, 0.25) is 5.91 Å². The lowest BCUT2D eigenvalue weighted by molar-refractivity contribution is -0.121. The van der Waals surface area contributed by atoms with Crippen molar-refractivity contribution >= 4 is 17.5 Å². The summed E-state index contributed by atoms with van der Waals surface area (Å²) in [5.74, 6) is 0.677. The standard InChI is InChI=1S/C23H37ClN4O2/c1-26(2)12-10-25-23(29)8-5-20-18-27(17-19-3-6-21(24)7-4-19)11-9-22(20)28-13-15-30-16-14-28/h3-4,6-7,20,22H,5,8-18H2,1-2H3,(H,25,29)/t20-,22+/m1/s1. The zero-order chi connectivity index (χ0) is 21.3. The molecule has 0 aliphatic carbocycles. The van der Waals surface area contributed by atoms with Crippen molar-refractivity contribution in [1.82, 2.24) is 20.0 Å². The second kappa shape index (κ2) is 12.0. The number of benzene rings is 1. The predicted octanol–water partition coefficient (Wildman–Crippen LogP) is 2.32. The van der Waals surface area contributed by atoms with E-state index in [-0.39, 0.29) is 5.91 Å². The summed E-state index contributed by atoms with van der Waals surface area (Å²) in [4.78, 5) is 19.6. The molecule has 2 fully saturated rings. The number of hydrogen-bond donors (Lipinski definition) is 1. The highest BCUT2D eigenvalue weighted by Crippen LogP contribution is 2.28. The molecule has 1 amide bonds. The number of carbonyl (C=O) groups is 1. The van der Waals surface area contributed by atoms with Crippen LogP contribution in [-0.2, 0) is 16.1 Å². The first-order valence-corrected chi connectivity index (χ1v) is 11.6. The van der Waals surface area contributed by atoms with Gasteiger partial charge in [0.15, 0.2) is 0 Å². The third-order valence-corrected chi connectivity index (χ3v) is 6.49. The van der Waals surface area contributed by atoms with Gasteiger partial charge in [0, 0.05) is 56.8 Å². The van der Waals surface area contributed by atoms with E-state index < -0.39 is 0 Å². The normalized spacial score (nSPS) is 23.6. The number of carbonyl (C=O) groups excluding carboxylic acids is 1. The predicted molar refractivity (Wildman–Crippen MR) is 122 cm³/mol. The summed E-state index contributed by atoms with van der Waals surface area (Å²) in [6, 6.07) is 8.71. The van der Waals surface area contributed by atoms with E-state index >= 15 is 0 Å². The van der Waals surface area contributed by atoms with E-state index in [4.69, 9.17) is 16.3 Å². The van der Waals surface area contributed by atoms with Crippen LogP contribution in [0.4, 0.5) is 0 Å². The number of likely N-dealkylation sites (tertiary alicyclic amines) is 1. The second-order valence-corrected chi connectivity index (χ2v) is 9.25. The highest BCUT2D eigenvalue weighted by molar-refractivity contribution is 6.30. The molecule has 6 nitrogen and oxygen atoms in total. The Labute approximate surface area is 186 Å². The second-order valence-electron chi connectivity index (χ2n) is 8.82. The third kappa shape index (κ3) is 7.50. The molecule has 1 N–H and O–H groups in total. The minimum atomic E-state index is 0.174. The van der Waals surface area contributed by atoms with Crippen LogP contribution < -0.4 is 5.32 Å². The highest BCUT2D eigenvalue weighted by Gasteiger charge is 2.34. The first kappa shape index (κ1) is 23.5. The van der Waals surface area contributed by atoms with E-state index in [0.717, 1.165) is 70.3 Å². The number of halogens is 1. The Kier molecular flexibility index (Phi) is 9.40. The topological polar surface area (TPSA) is 48.1 Å². The molecule has 3 rings (SSSR count). The first-order chi connectivity index (χ1) is 14.5. The van der Waals surface area contributed by atoms with E-state index in [1.54, 1.807) is 0 Å². The van der Waals surface area contributed by atoms with Crippen molar-refractivity contribution in [2.75, 3.05) is 66.6 Å². The zero-order valence-corrected chi connectivity index (χ0v) is 19.2. The van der Waals surface area contributed by atoms with Crippen molar-refractivity contribution in [2.24, 2.45) is 5.92 Å². The lowest BCUT2D eigenvalue weighted by Gasteiger charge is -2.45. The molecule has 2 atom stereocenters. The molecule has 0 aromatic heterocycles. The average Bonchev–Trinajstić information content (AvgIpc) is 2.74. The average molecular weight is 437 g/mol. The van der Waals surface area contributed by atoms with Crippen LogP contribution in [0.25, 0.3) is 0 Å². The smallest absolute Gasteiger partial charge is 0.220 e. The number of rotatable bonds is 9. The Morgan fingerprint density at radius 1 is 1.20 bits per heavy atom. The summed E-state index contributed by atoms with van der Waals surface area (Å²) in [7, 11) is 4.05. The molecule has 7 heteroatoms. The van der Waals surface area contributed by atoms with Gasteiger partial charge in [0.1, 0.15) is 0 Å². The van der Waals surface area contributed by atoms with Crippen LogP contribution in [0.1, 0.15) is 24.8 Å². The molecule has 2 saturated heterocycles. The highest BCUT2D eigenvalue weighted by atomic mass is 35.5. The van der Waals surface area contributed by atoms with Crippen LogP contribution in [0.3, 0.4) is 0 Å². The minimum Gasteiger partial charge on any atom is -0.379 e. The van der Waals surface area contributed by atoms with Crippen molar-refractivity contribution in [3.05, 3.63) is 34.9 Å². The number of ether oxygens (including phenoxy) is 1. The van der Waals surface area contributed by atoms with Crippen LogP contribution >= 0.6 is 11.6 Å². The van der Waals surface area contributed by atoms with Gasteiger partial charge in [-0.2, -0.15) is 0 Å². The van der Waals surface area contributed by atoms with Crippen molar-refractivity contribution in [1.29, 1.82) is 0 Å². The summed E-state index contributed by atoms with van der Waals surface area (Å²) >= 11 is 6.04. The fraction of sp³-hybridized carbons (Fsp3) is 0.696. The quantitative estimate of drug-likeness (QED) is 0.643. The largest absolute Gasteiger partial charge is 0.379 e. The fourth-order valence-electron chi connectivity index (χ4n) is 4.58. The molecule has 1 aromatic carbocycles. The van der Waals surface area contributed by atoms with Gasteiger partial charge in [0.25, 0.3) is 0 Å². The number of nitrogens with zero attached hydrogens (tertiary/aromatic N) is 3. The van der Waals surface area contributed by atoms with Crippen molar-refractivity contribution < 1.29 is 9.53 Å². The molecule has 1 aromatic rings. The molecular formula is C23H37ClN4O2. The van der Waals surface area contributed by atoms with Gasteiger partial charge in [-0.25, -0.2) is 0 Å². The Morgan fingerprint density at radius 3 is 2.63 bits per heavy atom. The van der Waals surface area contributed by atoms with Gasteiger partial charge in [-0.15, -0.1) is 0 Å². The first-order valence-electron chi connectivity index (χ1n) is 11.2. The molecule has 2 aliphatic rings. The van der Waals surface area contributed by atoms with E-state index in [9.17, 15) is 4.79 Å². The minimum absolute atomic E-state index is 0.174. The van der Waals surface area contributed by atoms with Crippen molar-refractivity contribution in [3.63, 3.8) is 0 Å². The molecule has 0 radical (unpaired) electrons. The number of piperidine rings is 1. The van der Waals surface area contributed by atoms with Gasteiger partial charge in [-0.1, -0.05) is 23.7 Å². The lowest BCUT2D eigenvalue weighted by Crippen LogP contribution is -2.54. The maximum absolute atomic E-state index is 12.4. The van der Waals surface area contributed by atoms with Crippen LogP contribution in [-0.4, -0.2) is 93.2 Å². The molecule has 0 saturated carbocycles. The Hall–Kier alpha value is -1.18. The summed E-state index contributed by atoms with van der Waals surface area (Å²) in [5, 5.41) is 3.84. The summed E-state index contributed by atoms with van der Waals surface area (Å²) in [6.45, 7) is 8.32. The van der Waals surface area contributed by atoms with Crippen LogP contribution in [0.5, 0.6) is 0 Å². The van der Waals surface area contributed by atoms with Crippen molar-refractivity contribution in [2.45, 2.75) is 31.8 Å². The van der Waals surface area contributed by atoms with Crippen LogP contribution in [0, 0.1) is 5.92 Å². The third-order valence-electron chi connectivity index (χ3n) is 6.24. The summed E-state index contributed by atoms with van der Waals surface area (Å²) in [5.41, 5.74) is 1.30. The number of amides is 1. The Morgan fingerprint density at radius 2 is 1.93 bits per heavy atom. The molecular weight excluding hydrogens is 400 g/mol. The van der Waals surface area contributed by atoms with Gasteiger partial charge in [0.05, 0.1) is 13.2 Å². The number of likely N-dealkylation sites (N-methyl/N-ethyl adjacent to an activating group) is 1. The van der Waals surface area contributed by atoms with Crippen LogP contribution in [0.15, 0.2) is 24.3 Å². The maximum atomic E-state index is 12.4. The van der Waals surface area contributed by atoms with Gasteiger partial charge in [-0.05, 0) is 57.1 Å².